The molecule has 0 saturated carbocycles. The Bertz CT molecular complexity index is 871. The second-order valence-corrected chi connectivity index (χ2v) is 10.4. The number of carbonyl (C=O) groups excluding carboxylic acids is 3. The average molecular weight is 488 g/mol. The van der Waals surface area contributed by atoms with Crippen LogP contribution in [0.1, 0.15) is 41.5 Å². The van der Waals surface area contributed by atoms with E-state index in [2.05, 4.69) is 0 Å². The maximum atomic E-state index is 13.8. The van der Waals surface area contributed by atoms with E-state index in [0.717, 1.165) is 4.90 Å². The molecule has 186 valence electrons. The Kier molecular flexibility index (Phi) is 7.49. The predicted octanol–water partition coefficient (Wildman–Crippen LogP) is 1.87. The highest BCUT2D eigenvalue weighted by atomic mass is 35.5. The van der Waals surface area contributed by atoms with Crippen LogP contribution >= 0.6 is 11.6 Å². The minimum absolute atomic E-state index is 0.104. The van der Waals surface area contributed by atoms with Gasteiger partial charge in [-0.3, -0.25) is 4.79 Å². The van der Waals surface area contributed by atoms with Gasteiger partial charge >= 0.3 is 12.2 Å². The zero-order valence-electron chi connectivity index (χ0n) is 20.2. The van der Waals surface area contributed by atoms with Crippen LogP contribution in [0.4, 0.5) is 9.59 Å². The minimum Gasteiger partial charge on any atom is -0.444 e. The molecule has 12 heteroatoms. The minimum atomic E-state index is -1.50. The first kappa shape index (κ1) is 26.6. The molecule has 0 radical (unpaired) electrons. The zero-order chi connectivity index (χ0) is 25.4. The lowest BCUT2D eigenvalue weighted by molar-refractivity contribution is -0.152. The number of allylic oxidation sites excluding steroid dienone is 1. The summed E-state index contributed by atoms with van der Waals surface area (Å²) in [6, 6.07) is 0. The summed E-state index contributed by atoms with van der Waals surface area (Å²) in [6.45, 7) is 10.4. The number of carbonyl (C=O) groups is 3. The van der Waals surface area contributed by atoms with E-state index in [1.807, 2.05) is 0 Å². The van der Waals surface area contributed by atoms with Gasteiger partial charge in [-0.15, -0.1) is 0 Å². The van der Waals surface area contributed by atoms with Crippen molar-refractivity contribution in [1.29, 1.82) is 0 Å². The highest BCUT2D eigenvalue weighted by Crippen LogP contribution is 2.37. The number of hydrogen-bond donors (Lipinski definition) is 2. The highest BCUT2D eigenvalue weighted by molar-refractivity contribution is 6.29. The van der Waals surface area contributed by atoms with E-state index < -0.39 is 34.8 Å². The number of piperazine rings is 1. The fourth-order valence-electron chi connectivity index (χ4n) is 3.70. The van der Waals surface area contributed by atoms with Crippen LogP contribution in [0, 0.1) is 0 Å². The molecule has 0 aromatic heterocycles. The fraction of sp³-hybridized carbons (Fsp3) is 0.667. The summed E-state index contributed by atoms with van der Waals surface area (Å²) in [5, 5.41) is -0.104. The number of fused-ring (bicyclic) bond motifs is 1. The van der Waals surface area contributed by atoms with Gasteiger partial charge in [0.2, 0.25) is 0 Å². The van der Waals surface area contributed by atoms with Crippen molar-refractivity contribution >= 4 is 29.7 Å². The quantitative estimate of drug-likeness (QED) is 0.570. The smallest absolute Gasteiger partial charge is 0.423 e. The Morgan fingerprint density at radius 2 is 1.64 bits per heavy atom. The number of amides is 3. The van der Waals surface area contributed by atoms with Crippen LogP contribution < -0.4 is 11.5 Å². The van der Waals surface area contributed by atoms with Gasteiger partial charge < -0.3 is 35.5 Å². The third-order valence-corrected chi connectivity index (χ3v) is 4.95. The number of halogens is 1. The number of nitrogens with two attached hydrogens (primary N) is 2. The number of nitrogens with zero attached hydrogens (tertiary/aromatic N) is 3. The van der Waals surface area contributed by atoms with Crippen molar-refractivity contribution in [1.82, 2.24) is 14.7 Å². The molecule has 4 N–H and O–H groups in total. The van der Waals surface area contributed by atoms with E-state index in [0.29, 0.717) is 0 Å². The molecular formula is C21H34ClN5O6. The summed E-state index contributed by atoms with van der Waals surface area (Å²) in [4.78, 5) is 43.4. The lowest BCUT2D eigenvalue weighted by Gasteiger charge is -2.54. The maximum absolute atomic E-state index is 13.8. The van der Waals surface area contributed by atoms with Gasteiger partial charge in [0, 0.05) is 20.2 Å². The third kappa shape index (κ3) is 5.83. The van der Waals surface area contributed by atoms with Crippen molar-refractivity contribution in [3.8, 4) is 0 Å². The first-order valence-corrected chi connectivity index (χ1v) is 10.8. The molecule has 2 heterocycles. The van der Waals surface area contributed by atoms with E-state index in [4.69, 9.17) is 37.3 Å². The van der Waals surface area contributed by atoms with Crippen LogP contribution in [0.3, 0.4) is 0 Å². The average Bonchev–Trinajstić information content (AvgIpc) is 2.62. The largest absolute Gasteiger partial charge is 0.444 e. The molecule has 1 saturated heterocycles. The standard InChI is InChI=1S/C21H34ClN5O6/c1-19(2,3)32-17(29)25-8-9-26-13(10-14(22)23)15(24)27(18(30)33-20(4,5)6)16(28)21(26,11-25)12-31-7/h10H,8-9,11-12,23-24H2,1-7H3/b14-10-. The SMILES string of the molecule is COCC12CN(C(=O)OC(C)(C)C)CCN1C(/C=C(\N)Cl)=C(N)N(C(=O)OC(C)(C)C)C2=O. The van der Waals surface area contributed by atoms with Crippen molar-refractivity contribution in [3.63, 3.8) is 0 Å². The first-order chi connectivity index (χ1) is 15.0. The number of hydrogen-bond acceptors (Lipinski definition) is 9. The van der Waals surface area contributed by atoms with Gasteiger partial charge in [-0.05, 0) is 47.6 Å². The van der Waals surface area contributed by atoms with E-state index in [1.54, 1.807) is 46.4 Å². The Morgan fingerprint density at radius 3 is 2.12 bits per heavy atom. The normalized spacial score (nSPS) is 22.4. The monoisotopic (exact) mass is 487 g/mol. The van der Waals surface area contributed by atoms with Crippen LogP contribution in [-0.4, -0.2) is 82.9 Å². The first-order valence-electron chi connectivity index (χ1n) is 10.5. The Labute approximate surface area is 199 Å². The van der Waals surface area contributed by atoms with Crippen molar-refractivity contribution in [2.24, 2.45) is 11.5 Å². The topological polar surface area (TPSA) is 141 Å². The van der Waals surface area contributed by atoms with Crippen LogP contribution in [-0.2, 0) is 19.0 Å². The van der Waals surface area contributed by atoms with E-state index in [1.165, 1.54) is 18.1 Å². The molecule has 33 heavy (non-hydrogen) atoms. The molecule has 2 rings (SSSR count). The van der Waals surface area contributed by atoms with Gasteiger partial charge in [-0.25, -0.2) is 9.59 Å². The molecule has 0 bridgehead atoms. The van der Waals surface area contributed by atoms with Gasteiger partial charge in [0.1, 0.15) is 22.2 Å². The molecule has 2 aliphatic rings. The highest BCUT2D eigenvalue weighted by Gasteiger charge is 2.57. The van der Waals surface area contributed by atoms with Gasteiger partial charge in [0.05, 0.1) is 18.8 Å². The predicted molar refractivity (Wildman–Crippen MR) is 122 cm³/mol. The molecule has 0 aliphatic carbocycles. The van der Waals surface area contributed by atoms with Crippen molar-refractivity contribution in [2.45, 2.75) is 58.3 Å². The van der Waals surface area contributed by atoms with E-state index in [9.17, 15) is 14.4 Å². The Balaban J connectivity index is 2.61. The molecule has 3 amide bonds. The second kappa shape index (κ2) is 9.30. The maximum Gasteiger partial charge on any atom is 0.423 e. The molecule has 0 aromatic carbocycles. The Hall–Kier alpha value is -2.66. The van der Waals surface area contributed by atoms with Gasteiger partial charge in [-0.2, -0.15) is 4.90 Å². The molecule has 2 aliphatic heterocycles. The zero-order valence-corrected chi connectivity index (χ0v) is 21.0. The number of ether oxygens (including phenoxy) is 3. The molecule has 0 aromatic rings. The molecule has 1 atom stereocenters. The summed E-state index contributed by atoms with van der Waals surface area (Å²) in [6.07, 6.45) is -0.201. The van der Waals surface area contributed by atoms with Crippen molar-refractivity contribution in [2.75, 3.05) is 33.4 Å². The van der Waals surface area contributed by atoms with Crippen molar-refractivity contribution in [3.05, 3.63) is 22.8 Å². The summed E-state index contributed by atoms with van der Waals surface area (Å²) in [5.74, 6) is -0.884. The summed E-state index contributed by atoms with van der Waals surface area (Å²) in [5.41, 5.74) is 9.09. The molecule has 11 nitrogen and oxygen atoms in total. The Morgan fingerprint density at radius 1 is 1.09 bits per heavy atom. The van der Waals surface area contributed by atoms with Crippen molar-refractivity contribution < 1.29 is 28.6 Å². The molecule has 1 unspecified atom stereocenters. The molecule has 1 fully saturated rings. The summed E-state index contributed by atoms with van der Waals surface area (Å²) in [7, 11) is 1.41. The number of methoxy groups -OCH3 is 1. The van der Waals surface area contributed by atoms with E-state index in [-0.39, 0.29) is 42.9 Å². The molecule has 0 spiro atoms. The lowest BCUT2D eigenvalue weighted by Crippen LogP contribution is -2.74. The van der Waals surface area contributed by atoms with Gasteiger partial charge in [0.15, 0.2) is 5.54 Å². The lowest BCUT2D eigenvalue weighted by atomic mass is 9.89. The van der Waals surface area contributed by atoms with Crippen LogP contribution in [0.25, 0.3) is 0 Å². The van der Waals surface area contributed by atoms with Crippen LogP contribution in [0.5, 0.6) is 0 Å². The van der Waals surface area contributed by atoms with Crippen LogP contribution in [0.15, 0.2) is 22.8 Å². The van der Waals surface area contributed by atoms with Crippen LogP contribution in [0.2, 0.25) is 0 Å². The molecular weight excluding hydrogens is 454 g/mol. The van der Waals surface area contributed by atoms with Gasteiger partial charge in [-0.1, -0.05) is 11.6 Å². The van der Waals surface area contributed by atoms with Gasteiger partial charge in [0.25, 0.3) is 5.91 Å². The summed E-state index contributed by atoms with van der Waals surface area (Å²) >= 11 is 5.94. The van der Waals surface area contributed by atoms with E-state index >= 15 is 0 Å². The second-order valence-electron chi connectivity index (χ2n) is 9.94. The number of rotatable bonds is 3. The summed E-state index contributed by atoms with van der Waals surface area (Å²) < 4.78 is 16.3. The number of imide groups is 1. The fourth-order valence-corrected chi connectivity index (χ4v) is 3.80. The third-order valence-electron chi connectivity index (χ3n) is 4.84.